The van der Waals surface area contributed by atoms with Gasteiger partial charge in [0.05, 0.1) is 4.34 Å². The lowest BCUT2D eigenvalue weighted by Gasteiger charge is -2.32. The zero-order valence-corrected chi connectivity index (χ0v) is 13.5. The quantitative estimate of drug-likeness (QED) is 0.890. The van der Waals surface area contributed by atoms with Crippen LogP contribution in [-0.2, 0) is 10.0 Å². The van der Waals surface area contributed by atoms with Gasteiger partial charge < -0.3 is 5.32 Å². The molecule has 0 aliphatic carbocycles. The second kappa shape index (κ2) is 6.26. The maximum atomic E-state index is 12.4. The SMILES string of the molecule is CC1CNCCN1S(=O)(=O)c1cc(Cl)sc1Cl.Cl. The van der Waals surface area contributed by atoms with Gasteiger partial charge in [0.15, 0.2) is 0 Å². The summed E-state index contributed by atoms with van der Waals surface area (Å²) in [4.78, 5) is 0.114. The summed E-state index contributed by atoms with van der Waals surface area (Å²) in [6, 6.07) is 1.34. The van der Waals surface area contributed by atoms with Gasteiger partial charge in [-0.15, -0.1) is 23.7 Å². The van der Waals surface area contributed by atoms with Crippen LogP contribution in [0.15, 0.2) is 11.0 Å². The summed E-state index contributed by atoms with van der Waals surface area (Å²) in [6.45, 7) is 3.62. The molecule has 1 aromatic heterocycles. The second-order valence-electron chi connectivity index (χ2n) is 3.86. The van der Waals surface area contributed by atoms with Gasteiger partial charge in [-0.2, -0.15) is 4.31 Å². The van der Waals surface area contributed by atoms with E-state index in [-0.39, 0.29) is 27.7 Å². The lowest BCUT2D eigenvalue weighted by Crippen LogP contribution is -2.52. The summed E-state index contributed by atoms with van der Waals surface area (Å²) >= 11 is 12.8. The molecule has 2 heterocycles. The van der Waals surface area contributed by atoms with Crippen molar-refractivity contribution in [1.29, 1.82) is 0 Å². The molecule has 0 radical (unpaired) electrons. The van der Waals surface area contributed by atoms with Crippen molar-refractivity contribution in [2.45, 2.75) is 17.9 Å². The van der Waals surface area contributed by atoms with Crippen LogP contribution in [0.4, 0.5) is 0 Å². The third kappa shape index (κ3) is 3.12. The second-order valence-corrected chi connectivity index (χ2v) is 8.00. The van der Waals surface area contributed by atoms with E-state index in [1.807, 2.05) is 6.92 Å². The third-order valence-electron chi connectivity index (χ3n) is 2.65. The topological polar surface area (TPSA) is 49.4 Å². The van der Waals surface area contributed by atoms with Crippen molar-refractivity contribution in [3.63, 3.8) is 0 Å². The fraction of sp³-hybridized carbons (Fsp3) is 0.556. The van der Waals surface area contributed by atoms with Crippen LogP contribution >= 0.6 is 46.9 Å². The van der Waals surface area contributed by atoms with Crippen molar-refractivity contribution < 1.29 is 8.42 Å². The predicted octanol–water partition coefficient (Wildman–Crippen LogP) is 2.46. The molecule has 1 aliphatic rings. The number of rotatable bonds is 2. The van der Waals surface area contributed by atoms with Gasteiger partial charge in [-0.25, -0.2) is 8.42 Å². The van der Waals surface area contributed by atoms with Gasteiger partial charge in [-0.1, -0.05) is 23.2 Å². The number of hydrogen-bond acceptors (Lipinski definition) is 4. The van der Waals surface area contributed by atoms with Crippen molar-refractivity contribution in [2.75, 3.05) is 19.6 Å². The standard InChI is InChI=1S/C9H12Cl2N2O2S2.ClH/c1-6-5-12-2-3-13(6)17(14,15)7-4-8(10)16-9(7)11;/h4,6,12H,2-3,5H2,1H3;1H. The highest BCUT2D eigenvalue weighted by Gasteiger charge is 2.33. The predicted molar refractivity (Wildman–Crippen MR) is 77.8 cm³/mol. The van der Waals surface area contributed by atoms with Crippen LogP contribution in [0.1, 0.15) is 6.92 Å². The van der Waals surface area contributed by atoms with Crippen molar-refractivity contribution >= 4 is 57.0 Å². The van der Waals surface area contributed by atoms with Gasteiger partial charge in [0.25, 0.3) is 0 Å². The summed E-state index contributed by atoms with van der Waals surface area (Å²) in [5.74, 6) is 0. The molecule has 0 bridgehead atoms. The van der Waals surface area contributed by atoms with Crippen molar-refractivity contribution in [3.05, 3.63) is 14.7 Å². The Kier molecular flexibility index (Phi) is 5.74. The number of nitrogens with one attached hydrogen (secondary N) is 1. The molecular weight excluding hydrogens is 339 g/mol. The molecule has 0 aromatic carbocycles. The highest BCUT2D eigenvalue weighted by Crippen LogP contribution is 2.36. The van der Waals surface area contributed by atoms with E-state index in [9.17, 15) is 8.42 Å². The average Bonchev–Trinajstić information content (AvgIpc) is 2.59. The van der Waals surface area contributed by atoms with E-state index in [1.165, 1.54) is 10.4 Å². The monoisotopic (exact) mass is 350 g/mol. The first-order valence-electron chi connectivity index (χ1n) is 5.10. The summed E-state index contributed by atoms with van der Waals surface area (Å²) in [5, 5.41) is 3.15. The van der Waals surface area contributed by atoms with E-state index in [4.69, 9.17) is 23.2 Å². The zero-order valence-electron chi connectivity index (χ0n) is 9.52. The summed E-state index contributed by atoms with van der Waals surface area (Å²) in [7, 11) is -3.53. The first kappa shape index (κ1) is 16.5. The lowest BCUT2D eigenvalue weighted by atomic mass is 10.3. The molecule has 9 heteroatoms. The number of thiophene rings is 1. The molecule has 1 unspecified atom stereocenters. The van der Waals surface area contributed by atoms with Crippen molar-refractivity contribution in [3.8, 4) is 0 Å². The molecule has 1 aromatic rings. The number of halogens is 3. The van der Waals surface area contributed by atoms with Gasteiger partial charge in [-0.05, 0) is 13.0 Å². The van der Waals surface area contributed by atoms with Crippen LogP contribution in [0.5, 0.6) is 0 Å². The van der Waals surface area contributed by atoms with Gasteiger partial charge >= 0.3 is 0 Å². The molecule has 2 rings (SSSR count). The van der Waals surface area contributed by atoms with E-state index >= 15 is 0 Å². The van der Waals surface area contributed by atoms with Gasteiger partial charge in [0, 0.05) is 25.7 Å². The van der Waals surface area contributed by atoms with Gasteiger partial charge in [0.1, 0.15) is 9.23 Å². The van der Waals surface area contributed by atoms with E-state index in [2.05, 4.69) is 5.32 Å². The Morgan fingerprint density at radius 1 is 1.50 bits per heavy atom. The van der Waals surface area contributed by atoms with Crippen molar-refractivity contribution in [1.82, 2.24) is 9.62 Å². The minimum absolute atomic E-state index is 0. The summed E-state index contributed by atoms with van der Waals surface area (Å²) in [6.07, 6.45) is 0. The molecule has 4 nitrogen and oxygen atoms in total. The van der Waals surface area contributed by atoms with E-state index < -0.39 is 10.0 Å². The first-order chi connectivity index (χ1) is 7.93. The molecule has 1 saturated heterocycles. The molecule has 1 fully saturated rings. The molecule has 18 heavy (non-hydrogen) atoms. The highest BCUT2D eigenvalue weighted by atomic mass is 35.5. The Labute approximate surface area is 127 Å². The third-order valence-corrected chi connectivity index (χ3v) is 6.42. The Bertz CT molecular complexity index is 518. The molecule has 1 aliphatic heterocycles. The maximum absolute atomic E-state index is 12.4. The number of nitrogens with zero attached hydrogens (tertiary/aromatic N) is 1. The molecule has 1 atom stereocenters. The van der Waals surface area contributed by atoms with Crippen LogP contribution in [0, 0.1) is 0 Å². The molecule has 0 saturated carbocycles. The average molecular weight is 352 g/mol. The van der Waals surface area contributed by atoms with Crippen LogP contribution in [-0.4, -0.2) is 38.4 Å². The highest BCUT2D eigenvalue weighted by molar-refractivity contribution is 7.89. The Balaban J connectivity index is 0.00000162. The fourth-order valence-corrected chi connectivity index (χ4v) is 5.55. The maximum Gasteiger partial charge on any atom is 0.245 e. The fourth-order valence-electron chi connectivity index (χ4n) is 1.81. The number of sulfonamides is 1. The van der Waals surface area contributed by atoms with Crippen LogP contribution in [0.3, 0.4) is 0 Å². The number of piperazine rings is 1. The van der Waals surface area contributed by atoms with Gasteiger partial charge in [-0.3, -0.25) is 0 Å². The van der Waals surface area contributed by atoms with E-state index in [0.717, 1.165) is 11.3 Å². The molecule has 1 N–H and O–H groups in total. The Morgan fingerprint density at radius 3 is 2.67 bits per heavy atom. The van der Waals surface area contributed by atoms with Gasteiger partial charge in [0.2, 0.25) is 10.0 Å². The minimum atomic E-state index is -3.53. The smallest absolute Gasteiger partial charge is 0.245 e. The van der Waals surface area contributed by atoms with Crippen LogP contribution < -0.4 is 5.32 Å². The van der Waals surface area contributed by atoms with E-state index in [1.54, 1.807) is 0 Å². The van der Waals surface area contributed by atoms with Crippen LogP contribution in [0.2, 0.25) is 8.67 Å². The molecule has 104 valence electrons. The first-order valence-corrected chi connectivity index (χ1v) is 8.11. The zero-order chi connectivity index (χ0) is 12.6. The van der Waals surface area contributed by atoms with E-state index in [0.29, 0.717) is 24.0 Å². The number of hydrogen-bond donors (Lipinski definition) is 1. The van der Waals surface area contributed by atoms with Crippen LogP contribution in [0.25, 0.3) is 0 Å². The summed E-state index contributed by atoms with van der Waals surface area (Å²) < 4.78 is 26.9. The normalized spacial score (nSPS) is 21.6. The molecule has 0 spiro atoms. The molecule has 0 amide bonds. The van der Waals surface area contributed by atoms with Crippen molar-refractivity contribution in [2.24, 2.45) is 0 Å². The largest absolute Gasteiger partial charge is 0.314 e. The Morgan fingerprint density at radius 2 is 2.17 bits per heavy atom. The Hall–Kier alpha value is 0.440. The lowest BCUT2D eigenvalue weighted by molar-refractivity contribution is 0.284. The minimum Gasteiger partial charge on any atom is -0.314 e. The summed E-state index contributed by atoms with van der Waals surface area (Å²) in [5.41, 5.74) is 0. The molecular formula is C9H13Cl3N2O2S2.